The van der Waals surface area contributed by atoms with Gasteiger partial charge in [-0.05, 0) is 48.9 Å². The van der Waals surface area contributed by atoms with Crippen LogP contribution in [0.2, 0.25) is 0 Å². The quantitative estimate of drug-likeness (QED) is 0.813. The van der Waals surface area contributed by atoms with E-state index in [2.05, 4.69) is 41.1 Å². The first kappa shape index (κ1) is 16.3. The summed E-state index contributed by atoms with van der Waals surface area (Å²) in [6, 6.07) is 10.7. The van der Waals surface area contributed by atoms with Gasteiger partial charge in [-0.2, -0.15) is 0 Å². The van der Waals surface area contributed by atoms with E-state index in [1.165, 1.54) is 36.0 Å². The normalized spacial score (nSPS) is 21.0. The zero-order valence-corrected chi connectivity index (χ0v) is 14.9. The zero-order chi connectivity index (χ0) is 17.2. The Bertz CT molecular complexity index is 750. The van der Waals surface area contributed by atoms with Crippen molar-refractivity contribution < 1.29 is 4.79 Å². The number of hydrogen-bond donors (Lipinski definition) is 0. The van der Waals surface area contributed by atoms with Gasteiger partial charge in [-0.25, -0.2) is 0 Å². The van der Waals surface area contributed by atoms with Crippen molar-refractivity contribution in [1.29, 1.82) is 0 Å². The van der Waals surface area contributed by atoms with Gasteiger partial charge in [0.25, 0.3) is 0 Å². The van der Waals surface area contributed by atoms with Crippen molar-refractivity contribution in [3.8, 4) is 0 Å². The fourth-order valence-corrected chi connectivity index (χ4v) is 4.47. The number of aryl methyl sites for hydroxylation is 1. The van der Waals surface area contributed by atoms with Crippen molar-refractivity contribution in [3.63, 3.8) is 0 Å². The molecule has 2 aromatic rings. The molecular formula is C22H26N2O. The number of aromatic nitrogens is 1. The summed E-state index contributed by atoms with van der Waals surface area (Å²) in [5.74, 6) is 0.555. The molecular weight excluding hydrogens is 308 g/mol. The van der Waals surface area contributed by atoms with Crippen molar-refractivity contribution in [2.24, 2.45) is 5.92 Å². The molecule has 0 radical (unpaired) electrons. The summed E-state index contributed by atoms with van der Waals surface area (Å²) in [6.07, 6.45) is 10.4. The molecule has 0 saturated heterocycles. The summed E-state index contributed by atoms with van der Waals surface area (Å²) in [7, 11) is 0. The van der Waals surface area contributed by atoms with Crippen LogP contribution in [0.1, 0.15) is 60.4 Å². The molecule has 1 fully saturated rings. The van der Waals surface area contributed by atoms with E-state index in [0.717, 1.165) is 31.4 Å². The number of nitrogens with zero attached hydrogens (tertiary/aromatic N) is 2. The first-order chi connectivity index (χ1) is 12.2. The van der Waals surface area contributed by atoms with Crippen LogP contribution in [0, 0.1) is 12.8 Å². The van der Waals surface area contributed by atoms with Crippen LogP contribution in [-0.4, -0.2) is 22.3 Å². The highest BCUT2D eigenvalue weighted by atomic mass is 16.2. The average Bonchev–Trinajstić information content (AvgIpc) is 2.67. The van der Waals surface area contributed by atoms with Crippen LogP contribution < -0.4 is 0 Å². The van der Waals surface area contributed by atoms with E-state index in [-0.39, 0.29) is 12.0 Å². The molecule has 1 aromatic heterocycles. The lowest BCUT2D eigenvalue weighted by Crippen LogP contribution is -2.44. The first-order valence-electron chi connectivity index (χ1n) is 9.54. The van der Waals surface area contributed by atoms with Gasteiger partial charge in [-0.3, -0.25) is 9.78 Å². The Morgan fingerprint density at radius 2 is 2.00 bits per heavy atom. The molecule has 130 valence electrons. The van der Waals surface area contributed by atoms with Crippen LogP contribution in [0.15, 0.2) is 42.7 Å². The molecule has 0 spiro atoms. The molecule has 1 unspecified atom stereocenters. The molecule has 1 atom stereocenters. The number of fused-ring (bicyclic) bond motifs is 1. The molecule has 4 rings (SSSR count). The lowest BCUT2D eigenvalue weighted by atomic mass is 9.84. The van der Waals surface area contributed by atoms with Crippen LogP contribution in [0.25, 0.3) is 0 Å². The van der Waals surface area contributed by atoms with Crippen molar-refractivity contribution in [2.45, 2.75) is 51.5 Å². The maximum atomic E-state index is 13.3. The highest BCUT2D eigenvalue weighted by molar-refractivity contribution is 5.80. The summed E-state index contributed by atoms with van der Waals surface area (Å²) in [6.45, 7) is 2.95. The molecule has 25 heavy (non-hydrogen) atoms. The van der Waals surface area contributed by atoms with Gasteiger partial charge in [-0.1, -0.05) is 49.1 Å². The van der Waals surface area contributed by atoms with E-state index in [4.69, 9.17) is 0 Å². The van der Waals surface area contributed by atoms with Crippen LogP contribution in [-0.2, 0) is 11.2 Å². The third-order valence-electron chi connectivity index (χ3n) is 5.76. The number of carbonyl (C=O) groups excluding carboxylic acids is 1. The second kappa shape index (κ2) is 6.99. The largest absolute Gasteiger partial charge is 0.331 e. The average molecular weight is 334 g/mol. The number of amides is 1. The summed E-state index contributed by atoms with van der Waals surface area (Å²) < 4.78 is 0. The second-order valence-corrected chi connectivity index (χ2v) is 7.51. The number of hydrogen-bond acceptors (Lipinski definition) is 2. The van der Waals surface area contributed by atoms with E-state index in [1.807, 2.05) is 12.3 Å². The van der Waals surface area contributed by atoms with Crippen molar-refractivity contribution in [1.82, 2.24) is 9.88 Å². The number of rotatable bonds is 2. The van der Waals surface area contributed by atoms with Crippen LogP contribution in [0.4, 0.5) is 0 Å². The topological polar surface area (TPSA) is 33.2 Å². The Hall–Kier alpha value is -2.16. The third kappa shape index (κ3) is 3.20. The van der Waals surface area contributed by atoms with Gasteiger partial charge in [0.2, 0.25) is 5.91 Å². The van der Waals surface area contributed by atoms with Crippen LogP contribution in [0.5, 0.6) is 0 Å². The van der Waals surface area contributed by atoms with Gasteiger partial charge in [0.15, 0.2) is 0 Å². The van der Waals surface area contributed by atoms with Crippen LogP contribution >= 0.6 is 0 Å². The summed E-state index contributed by atoms with van der Waals surface area (Å²) >= 11 is 0. The van der Waals surface area contributed by atoms with Crippen molar-refractivity contribution in [3.05, 3.63) is 65.0 Å². The number of pyridine rings is 1. The predicted octanol–water partition coefficient (Wildman–Crippen LogP) is 4.44. The molecule has 0 bridgehead atoms. The van der Waals surface area contributed by atoms with E-state index >= 15 is 0 Å². The molecule has 1 aliphatic heterocycles. The lowest BCUT2D eigenvalue weighted by molar-refractivity contribution is -0.138. The molecule has 3 nitrogen and oxygen atoms in total. The SMILES string of the molecule is Cc1ccc2c(c1)CCN(C(=O)C1CCCCC1)C2c1cccnc1. The minimum absolute atomic E-state index is 0.00692. The van der Waals surface area contributed by atoms with E-state index < -0.39 is 0 Å². The summed E-state index contributed by atoms with van der Waals surface area (Å²) in [5, 5.41) is 0. The highest BCUT2D eigenvalue weighted by Gasteiger charge is 2.35. The Balaban J connectivity index is 1.73. The van der Waals surface area contributed by atoms with E-state index in [1.54, 1.807) is 6.20 Å². The molecule has 2 aliphatic rings. The molecule has 1 saturated carbocycles. The van der Waals surface area contributed by atoms with Gasteiger partial charge in [0.05, 0.1) is 6.04 Å². The Labute approximate surface area is 150 Å². The Kier molecular flexibility index (Phi) is 4.56. The molecule has 1 amide bonds. The fourth-order valence-electron chi connectivity index (χ4n) is 4.47. The molecule has 3 heteroatoms. The fraction of sp³-hybridized carbons (Fsp3) is 0.455. The van der Waals surface area contributed by atoms with E-state index in [9.17, 15) is 4.79 Å². The Morgan fingerprint density at radius 1 is 1.16 bits per heavy atom. The summed E-state index contributed by atoms with van der Waals surface area (Å²) in [5.41, 5.74) is 5.06. The van der Waals surface area contributed by atoms with Crippen molar-refractivity contribution >= 4 is 5.91 Å². The van der Waals surface area contributed by atoms with Gasteiger partial charge in [0, 0.05) is 24.9 Å². The third-order valence-corrected chi connectivity index (χ3v) is 5.76. The number of benzene rings is 1. The van der Waals surface area contributed by atoms with Gasteiger partial charge in [-0.15, -0.1) is 0 Å². The number of carbonyl (C=O) groups is 1. The minimum Gasteiger partial charge on any atom is -0.331 e. The van der Waals surface area contributed by atoms with Gasteiger partial charge < -0.3 is 4.90 Å². The maximum absolute atomic E-state index is 13.3. The maximum Gasteiger partial charge on any atom is 0.226 e. The van der Waals surface area contributed by atoms with Gasteiger partial charge >= 0.3 is 0 Å². The second-order valence-electron chi connectivity index (χ2n) is 7.51. The smallest absolute Gasteiger partial charge is 0.226 e. The first-order valence-corrected chi connectivity index (χ1v) is 9.54. The van der Waals surface area contributed by atoms with Gasteiger partial charge in [0.1, 0.15) is 0 Å². The standard InChI is InChI=1S/C22H26N2O/c1-16-9-10-20-18(14-16)11-13-24(21(20)19-8-5-12-23-15-19)22(25)17-6-3-2-4-7-17/h5,8-10,12,14-15,17,21H,2-4,6-7,11,13H2,1H3. The lowest BCUT2D eigenvalue weighted by Gasteiger charge is -2.40. The minimum atomic E-state index is 0.00692. The molecule has 2 heterocycles. The molecule has 1 aromatic carbocycles. The molecule has 1 aliphatic carbocycles. The molecule has 0 N–H and O–H groups in total. The highest BCUT2D eigenvalue weighted by Crippen LogP contribution is 2.37. The van der Waals surface area contributed by atoms with Crippen LogP contribution in [0.3, 0.4) is 0 Å². The zero-order valence-electron chi connectivity index (χ0n) is 14.9. The van der Waals surface area contributed by atoms with Crippen molar-refractivity contribution in [2.75, 3.05) is 6.54 Å². The summed E-state index contributed by atoms with van der Waals surface area (Å²) in [4.78, 5) is 19.8. The Morgan fingerprint density at radius 3 is 2.76 bits per heavy atom. The monoisotopic (exact) mass is 334 g/mol. The van der Waals surface area contributed by atoms with E-state index in [0.29, 0.717) is 5.91 Å². The predicted molar refractivity (Wildman–Crippen MR) is 99.3 cm³/mol.